The zero-order valence-electron chi connectivity index (χ0n) is 24.3. The highest BCUT2D eigenvalue weighted by atomic mass is 16.6. The van der Waals surface area contributed by atoms with Crippen LogP contribution in [0.1, 0.15) is 91.9 Å². The molecule has 0 radical (unpaired) electrons. The number of aromatic hydroxyl groups is 1. The molecule has 43 heavy (non-hydrogen) atoms. The van der Waals surface area contributed by atoms with Crippen molar-refractivity contribution in [2.45, 2.75) is 70.1 Å². The van der Waals surface area contributed by atoms with Gasteiger partial charge in [-0.15, -0.1) is 0 Å². The lowest BCUT2D eigenvalue weighted by molar-refractivity contribution is -0.600. The number of carbonyl (C=O) groups is 2. The van der Waals surface area contributed by atoms with Gasteiger partial charge in [-0.1, -0.05) is 6.07 Å². The Morgan fingerprint density at radius 3 is 2.65 bits per heavy atom. The van der Waals surface area contributed by atoms with Crippen LogP contribution in [0.5, 0.6) is 5.75 Å². The molecule has 218 valence electrons. The first-order valence-corrected chi connectivity index (χ1v) is 14.2. The highest BCUT2D eigenvalue weighted by molar-refractivity contribution is 5.91. The van der Waals surface area contributed by atoms with Gasteiger partial charge in [-0.3, -0.25) is 5.32 Å². The van der Waals surface area contributed by atoms with Crippen LogP contribution >= 0.6 is 0 Å². The fourth-order valence-electron chi connectivity index (χ4n) is 6.90. The zero-order chi connectivity index (χ0) is 30.3. The second-order valence-electron chi connectivity index (χ2n) is 13.1. The number of fused-ring (bicyclic) bond motifs is 9. The molecule has 4 aromatic rings. The summed E-state index contributed by atoms with van der Waals surface area (Å²) in [5.41, 5.74) is 2.55. The highest BCUT2D eigenvalue weighted by Crippen LogP contribution is 2.53. The summed E-state index contributed by atoms with van der Waals surface area (Å²) in [5, 5.41) is 29.8. The molecule has 1 aliphatic heterocycles. The molecular formula is C31H31N8O4+. The number of phenolic OH excluding ortho intramolecular Hbond substituents is 1. The number of carbonyl (C=O) groups excluding carboxylic acids is 2. The zero-order valence-corrected chi connectivity index (χ0v) is 24.3. The minimum atomic E-state index is -0.922. The molecule has 4 heterocycles. The highest BCUT2D eigenvalue weighted by Gasteiger charge is 2.56. The number of amides is 2. The number of nitrogens with zero attached hydrogens (tertiary/aromatic N) is 6. The van der Waals surface area contributed by atoms with E-state index in [1.54, 1.807) is 61.2 Å². The van der Waals surface area contributed by atoms with Crippen LogP contribution in [0.2, 0.25) is 0 Å². The smallest absolute Gasteiger partial charge is 0.408 e. The van der Waals surface area contributed by atoms with E-state index in [9.17, 15) is 20.0 Å². The molecule has 12 nitrogen and oxygen atoms in total. The predicted octanol–water partition coefficient (Wildman–Crippen LogP) is 3.23. The molecule has 3 aliphatic rings. The van der Waals surface area contributed by atoms with Crippen molar-refractivity contribution in [1.29, 1.82) is 5.26 Å². The third-order valence-electron chi connectivity index (χ3n) is 8.56. The average Bonchev–Trinajstić information content (AvgIpc) is 3.43. The van der Waals surface area contributed by atoms with Gasteiger partial charge in [-0.2, -0.15) is 10.4 Å². The number of nitrogens with one attached hydrogen (secondary N) is 1. The maximum Gasteiger partial charge on any atom is 0.408 e. The van der Waals surface area contributed by atoms with Crippen molar-refractivity contribution in [3.8, 4) is 23.1 Å². The predicted molar refractivity (Wildman–Crippen MR) is 152 cm³/mol. The topological polar surface area (TPSA) is 172 Å². The summed E-state index contributed by atoms with van der Waals surface area (Å²) in [6, 6.07) is 9.03. The number of hydrogen-bond acceptors (Lipinski definition) is 9. The van der Waals surface area contributed by atoms with E-state index >= 15 is 0 Å². The molecule has 2 bridgehead atoms. The van der Waals surface area contributed by atoms with Crippen LogP contribution in [-0.4, -0.2) is 47.3 Å². The molecule has 2 aliphatic carbocycles. The third kappa shape index (κ3) is 4.30. The van der Waals surface area contributed by atoms with Gasteiger partial charge in [0.25, 0.3) is 0 Å². The lowest BCUT2D eigenvalue weighted by Crippen LogP contribution is -2.88. The van der Waals surface area contributed by atoms with E-state index in [1.165, 1.54) is 0 Å². The van der Waals surface area contributed by atoms with Crippen LogP contribution in [0.25, 0.3) is 16.9 Å². The number of hydrogen-bond donors (Lipinski definition) is 3. The molecule has 1 fully saturated rings. The van der Waals surface area contributed by atoms with E-state index in [-0.39, 0.29) is 23.6 Å². The molecule has 0 saturated heterocycles. The lowest BCUT2D eigenvalue weighted by Gasteiger charge is -2.49. The molecule has 1 aromatic carbocycles. The van der Waals surface area contributed by atoms with Gasteiger partial charge in [0, 0.05) is 47.6 Å². The number of nitrogens with two attached hydrogens (primary N) is 1. The minimum Gasteiger partial charge on any atom is -0.508 e. The molecule has 7 rings (SSSR count). The number of ether oxygens (including phenoxy) is 1. The molecule has 0 spiro atoms. The largest absolute Gasteiger partial charge is 0.508 e. The van der Waals surface area contributed by atoms with E-state index < -0.39 is 22.6 Å². The van der Waals surface area contributed by atoms with E-state index in [4.69, 9.17) is 14.8 Å². The Labute approximate surface area is 247 Å². The standard InChI is InChI=1S/C31H30N8O4/c1-29(2,3)43-28(42)37-31(13-30(4,14-31)15-32)27-33-11-16(12-34-27)19-8-9-39-25(35-19)23-18-10-20(24(23)38-39)36-26(41)17-6-5-7-21(40)22(17)18/h5-9,11-12,18,20,40H,10,13-14H2,1-4H3,(H,36,41)(H,37,42)/p+1/t18-,20-,30?,31?/m1/s1. The maximum absolute atomic E-state index is 12.9. The van der Waals surface area contributed by atoms with Crippen LogP contribution in [0.3, 0.4) is 0 Å². The van der Waals surface area contributed by atoms with Gasteiger partial charge >= 0.3 is 12.0 Å². The molecule has 2 atom stereocenters. The number of alkyl carbamates (subject to hydrolysis) is 1. The Kier molecular flexibility index (Phi) is 5.68. The van der Waals surface area contributed by atoms with Gasteiger partial charge in [0.2, 0.25) is 0 Å². The van der Waals surface area contributed by atoms with Crippen molar-refractivity contribution in [2.75, 3.05) is 0 Å². The van der Waals surface area contributed by atoms with Crippen LogP contribution in [-0.2, 0) is 10.3 Å². The average molecular weight is 580 g/mol. The number of quaternary nitrogens is 1. The Balaban J connectivity index is 1.24. The number of aromatic nitrogens is 5. The van der Waals surface area contributed by atoms with Crippen molar-refractivity contribution in [2.24, 2.45) is 5.41 Å². The second kappa shape index (κ2) is 9.05. The van der Waals surface area contributed by atoms with Crippen molar-refractivity contribution in [1.82, 2.24) is 29.9 Å². The fourth-order valence-corrected chi connectivity index (χ4v) is 6.90. The number of benzene rings is 1. The SMILES string of the molecule is CC1(C#N)CC(NC(=O)OC(C)(C)C)(c2ncc(-c3ccn4nc5c(c4n3)[C@@H]3C[C@H]5[NH2+]C(=O)c4cccc(O)c43)cn2)C1. The summed E-state index contributed by atoms with van der Waals surface area (Å²) in [4.78, 5) is 39.8. The van der Waals surface area contributed by atoms with Gasteiger partial charge in [0.15, 0.2) is 11.5 Å². The summed E-state index contributed by atoms with van der Waals surface area (Å²) in [5.74, 6) is 0.172. The summed E-state index contributed by atoms with van der Waals surface area (Å²) >= 11 is 0. The third-order valence-corrected chi connectivity index (χ3v) is 8.56. The molecule has 4 N–H and O–H groups in total. The molecule has 1 saturated carbocycles. The lowest BCUT2D eigenvalue weighted by atomic mass is 9.58. The molecular weight excluding hydrogens is 548 g/mol. The Morgan fingerprint density at radius 2 is 1.95 bits per heavy atom. The van der Waals surface area contributed by atoms with Gasteiger partial charge in [0.05, 0.1) is 22.7 Å². The van der Waals surface area contributed by atoms with Crippen molar-refractivity contribution in [3.05, 3.63) is 71.1 Å². The van der Waals surface area contributed by atoms with Crippen LogP contribution in [0.4, 0.5) is 4.79 Å². The summed E-state index contributed by atoms with van der Waals surface area (Å²) in [6.45, 7) is 7.22. The van der Waals surface area contributed by atoms with Crippen LogP contribution < -0.4 is 10.6 Å². The Hall–Kier alpha value is -4.89. The molecule has 2 amide bonds. The Morgan fingerprint density at radius 1 is 1.21 bits per heavy atom. The maximum atomic E-state index is 12.9. The monoisotopic (exact) mass is 579 g/mol. The molecule has 0 unspecified atom stereocenters. The number of primary amides is 1. The summed E-state index contributed by atoms with van der Waals surface area (Å²) < 4.78 is 7.20. The van der Waals surface area contributed by atoms with E-state index in [0.717, 1.165) is 11.3 Å². The number of nitriles is 1. The fraction of sp³-hybridized carbons (Fsp3) is 0.387. The quantitative estimate of drug-likeness (QED) is 0.329. The number of phenols is 1. The van der Waals surface area contributed by atoms with Crippen molar-refractivity contribution < 1.29 is 24.7 Å². The van der Waals surface area contributed by atoms with Gasteiger partial charge in [0.1, 0.15) is 28.6 Å². The van der Waals surface area contributed by atoms with Crippen LogP contribution in [0, 0.1) is 16.7 Å². The van der Waals surface area contributed by atoms with Gasteiger partial charge in [-0.25, -0.2) is 29.1 Å². The first-order chi connectivity index (χ1) is 20.4. The van der Waals surface area contributed by atoms with E-state index in [0.29, 0.717) is 53.1 Å². The number of rotatable bonds is 3. The first-order valence-electron chi connectivity index (χ1n) is 14.2. The summed E-state index contributed by atoms with van der Waals surface area (Å²) in [7, 11) is 0. The molecule has 3 aromatic heterocycles. The first kappa shape index (κ1) is 27.0. The Bertz CT molecular complexity index is 1860. The normalized spacial score (nSPS) is 25.7. The van der Waals surface area contributed by atoms with Gasteiger partial charge < -0.3 is 15.2 Å². The molecule has 12 heteroatoms. The van der Waals surface area contributed by atoms with Crippen LogP contribution in [0.15, 0.2) is 42.9 Å². The van der Waals surface area contributed by atoms with E-state index in [2.05, 4.69) is 21.4 Å². The van der Waals surface area contributed by atoms with Crippen molar-refractivity contribution in [3.63, 3.8) is 0 Å². The minimum absolute atomic E-state index is 0.0923. The van der Waals surface area contributed by atoms with E-state index in [1.807, 2.05) is 19.2 Å². The second-order valence-corrected chi connectivity index (χ2v) is 13.1. The summed E-state index contributed by atoms with van der Waals surface area (Å²) in [6.07, 6.45) is 5.91. The van der Waals surface area contributed by atoms with Gasteiger partial charge in [-0.05, 0) is 58.7 Å². The van der Waals surface area contributed by atoms with Crippen molar-refractivity contribution >= 4 is 17.6 Å².